The second-order valence-electron chi connectivity index (χ2n) is 7.65. The van der Waals surface area contributed by atoms with E-state index in [0.29, 0.717) is 10.9 Å². The summed E-state index contributed by atoms with van der Waals surface area (Å²) >= 11 is 0. The largest absolute Gasteiger partial charge is 0.432 e. The van der Waals surface area contributed by atoms with Crippen LogP contribution in [0.2, 0.25) is 0 Å². The van der Waals surface area contributed by atoms with Crippen LogP contribution in [0.5, 0.6) is 5.75 Å². The standard InChI is InChI=1S/C19H22F3N3O2/c1-19(2,3)25-5-4-13(10-25)24-17(26)12-6-11-7-14(20)16(27-18(21)22)8-15(11)23-9-12/h6-9,13,18H,4-5,10H2,1-3H3,(H,24,26)/t13-/m0/s1. The molecule has 0 aliphatic carbocycles. The number of hydrogen-bond acceptors (Lipinski definition) is 4. The third-order valence-corrected chi connectivity index (χ3v) is 4.69. The average Bonchev–Trinajstić information content (AvgIpc) is 3.03. The molecule has 1 aliphatic rings. The third-order valence-electron chi connectivity index (χ3n) is 4.69. The van der Waals surface area contributed by atoms with Gasteiger partial charge in [0.25, 0.3) is 5.91 Å². The highest BCUT2D eigenvalue weighted by molar-refractivity contribution is 5.97. The van der Waals surface area contributed by atoms with E-state index >= 15 is 0 Å². The molecule has 1 aromatic heterocycles. The molecule has 146 valence electrons. The van der Waals surface area contributed by atoms with Gasteiger partial charge in [-0.15, -0.1) is 0 Å². The van der Waals surface area contributed by atoms with E-state index in [1.165, 1.54) is 12.3 Å². The third kappa shape index (κ3) is 4.50. The fourth-order valence-electron chi connectivity index (χ4n) is 3.20. The number of carbonyl (C=O) groups excluding carboxylic acids is 1. The molecule has 1 fully saturated rings. The molecular weight excluding hydrogens is 359 g/mol. The second kappa shape index (κ2) is 7.34. The van der Waals surface area contributed by atoms with Crippen LogP contribution in [0, 0.1) is 5.82 Å². The van der Waals surface area contributed by atoms with E-state index in [4.69, 9.17) is 0 Å². The summed E-state index contributed by atoms with van der Waals surface area (Å²) in [6, 6.07) is 3.65. The minimum absolute atomic E-state index is 0.0333. The number of nitrogens with one attached hydrogen (secondary N) is 1. The summed E-state index contributed by atoms with van der Waals surface area (Å²) < 4.78 is 42.6. The van der Waals surface area contributed by atoms with E-state index in [-0.39, 0.29) is 23.0 Å². The molecule has 8 heteroatoms. The van der Waals surface area contributed by atoms with Crippen molar-refractivity contribution >= 4 is 16.8 Å². The SMILES string of the molecule is CC(C)(C)N1CC[C@H](NC(=O)c2cnc3cc(OC(F)F)c(F)cc3c2)C1. The van der Waals surface area contributed by atoms with Crippen LogP contribution in [-0.2, 0) is 0 Å². The molecule has 0 unspecified atom stereocenters. The smallest absolute Gasteiger partial charge is 0.387 e. The summed E-state index contributed by atoms with van der Waals surface area (Å²) in [6.45, 7) is 4.93. The van der Waals surface area contributed by atoms with E-state index < -0.39 is 18.2 Å². The fourth-order valence-corrected chi connectivity index (χ4v) is 3.20. The van der Waals surface area contributed by atoms with Crippen molar-refractivity contribution in [3.8, 4) is 5.75 Å². The molecule has 1 N–H and O–H groups in total. The number of likely N-dealkylation sites (tertiary alicyclic amines) is 1. The highest BCUT2D eigenvalue weighted by Crippen LogP contribution is 2.26. The van der Waals surface area contributed by atoms with Crippen molar-refractivity contribution in [2.75, 3.05) is 13.1 Å². The monoisotopic (exact) mass is 381 g/mol. The lowest BCUT2D eigenvalue weighted by molar-refractivity contribution is -0.0520. The molecule has 2 heterocycles. The van der Waals surface area contributed by atoms with Gasteiger partial charge in [-0.1, -0.05) is 0 Å². The lowest BCUT2D eigenvalue weighted by Crippen LogP contribution is -2.43. The van der Waals surface area contributed by atoms with Crippen molar-refractivity contribution in [3.63, 3.8) is 0 Å². The van der Waals surface area contributed by atoms with Gasteiger partial charge in [-0.3, -0.25) is 14.7 Å². The van der Waals surface area contributed by atoms with Gasteiger partial charge < -0.3 is 10.1 Å². The Hall–Kier alpha value is -2.35. The van der Waals surface area contributed by atoms with Crippen molar-refractivity contribution in [1.29, 1.82) is 0 Å². The van der Waals surface area contributed by atoms with E-state index in [9.17, 15) is 18.0 Å². The Morgan fingerprint density at radius 2 is 2.07 bits per heavy atom. The number of halogens is 3. The molecule has 5 nitrogen and oxygen atoms in total. The lowest BCUT2D eigenvalue weighted by Gasteiger charge is -2.31. The predicted octanol–water partition coefficient (Wildman–Crippen LogP) is 3.58. The zero-order valence-electron chi connectivity index (χ0n) is 15.4. The molecule has 1 amide bonds. The Morgan fingerprint density at radius 1 is 1.33 bits per heavy atom. The summed E-state index contributed by atoms with van der Waals surface area (Å²) in [6.07, 6.45) is 2.20. The van der Waals surface area contributed by atoms with Crippen molar-refractivity contribution in [3.05, 3.63) is 35.8 Å². The van der Waals surface area contributed by atoms with Crippen LogP contribution in [0.1, 0.15) is 37.6 Å². The van der Waals surface area contributed by atoms with Crippen molar-refractivity contribution in [2.24, 2.45) is 0 Å². The number of nitrogens with zero attached hydrogens (tertiary/aromatic N) is 2. The van der Waals surface area contributed by atoms with Crippen molar-refractivity contribution in [2.45, 2.75) is 45.4 Å². The summed E-state index contributed by atoms with van der Waals surface area (Å²) in [7, 11) is 0. The van der Waals surface area contributed by atoms with Crippen LogP contribution in [-0.4, -0.2) is 47.1 Å². The number of fused-ring (bicyclic) bond motifs is 1. The summed E-state index contributed by atoms with van der Waals surface area (Å²) in [5.74, 6) is -1.80. The summed E-state index contributed by atoms with van der Waals surface area (Å²) in [4.78, 5) is 18.9. The number of ether oxygens (including phenoxy) is 1. The minimum atomic E-state index is -3.12. The number of alkyl halides is 2. The number of carbonyl (C=O) groups is 1. The first-order chi connectivity index (χ1) is 12.6. The van der Waals surface area contributed by atoms with Crippen molar-refractivity contribution < 1.29 is 22.7 Å². The molecule has 0 bridgehead atoms. The molecule has 2 aromatic rings. The Balaban J connectivity index is 1.74. The van der Waals surface area contributed by atoms with Crippen LogP contribution >= 0.6 is 0 Å². The molecule has 0 saturated carbocycles. The predicted molar refractivity (Wildman–Crippen MR) is 95.5 cm³/mol. The highest BCUT2D eigenvalue weighted by atomic mass is 19.3. The van der Waals surface area contributed by atoms with Gasteiger partial charge >= 0.3 is 6.61 Å². The van der Waals surface area contributed by atoms with Crippen molar-refractivity contribution in [1.82, 2.24) is 15.2 Å². The first-order valence-corrected chi connectivity index (χ1v) is 8.73. The van der Waals surface area contributed by atoms with Gasteiger partial charge in [-0.25, -0.2) is 4.39 Å². The summed E-state index contributed by atoms with van der Waals surface area (Å²) in [5.41, 5.74) is 0.599. The van der Waals surface area contributed by atoms with Crippen LogP contribution in [0.4, 0.5) is 13.2 Å². The van der Waals surface area contributed by atoms with Crippen LogP contribution < -0.4 is 10.1 Å². The minimum Gasteiger partial charge on any atom is -0.432 e. The first-order valence-electron chi connectivity index (χ1n) is 8.73. The maximum absolute atomic E-state index is 13.9. The van der Waals surface area contributed by atoms with Gasteiger partial charge in [0.1, 0.15) is 0 Å². The van der Waals surface area contributed by atoms with E-state index in [1.54, 1.807) is 0 Å². The van der Waals surface area contributed by atoms with Crippen LogP contribution in [0.25, 0.3) is 10.9 Å². The molecule has 3 rings (SSSR count). The number of rotatable bonds is 4. The number of benzene rings is 1. The molecule has 0 spiro atoms. The second-order valence-corrected chi connectivity index (χ2v) is 7.65. The van der Waals surface area contributed by atoms with Gasteiger partial charge in [-0.2, -0.15) is 8.78 Å². The van der Waals surface area contributed by atoms with Gasteiger partial charge in [-0.05, 0) is 39.3 Å². The maximum Gasteiger partial charge on any atom is 0.387 e. The van der Waals surface area contributed by atoms with Gasteiger partial charge in [0, 0.05) is 42.3 Å². The fraction of sp³-hybridized carbons (Fsp3) is 0.474. The van der Waals surface area contributed by atoms with Gasteiger partial charge in [0.05, 0.1) is 11.1 Å². The van der Waals surface area contributed by atoms with Gasteiger partial charge in [0.15, 0.2) is 11.6 Å². The number of hydrogen-bond donors (Lipinski definition) is 1. The summed E-state index contributed by atoms with van der Waals surface area (Å²) in [5, 5.41) is 3.31. The quantitative estimate of drug-likeness (QED) is 0.880. The zero-order chi connectivity index (χ0) is 19.8. The highest BCUT2D eigenvalue weighted by Gasteiger charge is 2.31. The molecular formula is C19H22F3N3O2. The molecule has 1 aliphatic heterocycles. The van der Waals surface area contributed by atoms with Gasteiger partial charge in [0.2, 0.25) is 0 Å². The molecule has 1 atom stereocenters. The van der Waals surface area contributed by atoms with E-state index in [2.05, 4.69) is 40.7 Å². The Kier molecular flexibility index (Phi) is 5.28. The lowest BCUT2D eigenvalue weighted by atomic mass is 10.1. The molecule has 27 heavy (non-hydrogen) atoms. The number of amides is 1. The number of aromatic nitrogens is 1. The Bertz CT molecular complexity index is 852. The molecule has 1 saturated heterocycles. The maximum atomic E-state index is 13.9. The van der Waals surface area contributed by atoms with Crippen LogP contribution in [0.15, 0.2) is 24.4 Å². The zero-order valence-corrected chi connectivity index (χ0v) is 15.4. The van der Waals surface area contributed by atoms with Crippen LogP contribution in [0.3, 0.4) is 0 Å². The molecule has 0 radical (unpaired) electrons. The molecule has 1 aromatic carbocycles. The van der Waals surface area contributed by atoms with E-state index in [1.807, 2.05) is 0 Å². The first kappa shape index (κ1) is 19.4. The van der Waals surface area contributed by atoms with E-state index in [0.717, 1.165) is 31.6 Å². The normalized spacial score (nSPS) is 18.3. The average molecular weight is 381 g/mol. The Morgan fingerprint density at radius 3 is 2.70 bits per heavy atom. The Labute approximate surface area is 155 Å². The topological polar surface area (TPSA) is 54.5 Å². The number of pyridine rings is 1.